The Labute approximate surface area is 575 Å². The zero-order valence-corrected chi connectivity index (χ0v) is 62.9. The van der Waals surface area contributed by atoms with Crippen molar-refractivity contribution < 1.29 is 80.2 Å². The van der Waals surface area contributed by atoms with Gasteiger partial charge in [-0.25, -0.2) is 9.13 Å². The second kappa shape index (κ2) is 68.2. The Morgan fingerprint density at radius 2 is 0.489 bits per heavy atom. The summed E-state index contributed by atoms with van der Waals surface area (Å²) >= 11 is 0. The number of aliphatic hydroxyl groups is 1. The van der Waals surface area contributed by atoms with Crippen LogP contribution in [0.5, 0.6) is 0 Å². The standard InChI is InChI=1S/C75H146O17P2/c1-6-9-12-15-18-21-24-27-30-33-35-38-43-48-53-58-72(77)85-64-70(91-74(79)61-56-51-45-40-37-34-31-28-25-22-19-16-13-10-7-2)66-89-93(81,82)87-62-69(76)63-88-94(83,84)90-67-71(65-86-73(78)59-54-49-46-41-42-47-52-57-68(4)5)92-75(80)60-55-50-44-39-36-32-29-26-23-20-17-14-11-8-3/h68-71,76H,6-67H2,1-5H3,(H,81,82)(H,83,84)/t69-,70-,71-/m1/s1. The number of ether oxygens (including phenoxy) is 4. The Morgan fingerprint density at radius 1 is 0.287 bits per heavy atom. The van der Waals surface area contributed by atoms with Crippen molar-refractivity contribution in [2.75, 3.05) is 39.6 Å². The summed E-state index contributed by atoms with van der Waals surface area (Å²) in [5.41, 5.74) is 0. The highest BCUT2D eigenvalue weighted by molar-refractivity contribution is 7.47. The maximum absolute atomic E-state index is 13.1. The van der Waals surface area contributed by atoms with Crippen LogP contribution in [-0.2, 0) is 65.4 Å². The summed E-state index contributed by atoms with van der Waals surface area (Å²) in [5, 5.41) is 10.6. The van der Waals surface area contributed by atoms with Crippen molar-refractivity contribution in [1.82, 2.24) is 0 Å². The zero-order valence-electron chi connectivity index (χ0n) is 61.1. The molecule has 0 bridgehead atoms. The number of unbranched alkanes of at least 4 members (excludes halogenated alkanes) is 47. The Kier molecular flexibility index (Phi) is 66.8. The van der Waals surface area contributed by atoms with Gasteiger partial charge in [-0.15, -0.1) is 0 Å². The molecular weight excluding hydrogens is 1230 g/mol. The normalized spacial score (nSPS) is 14.0. The summed E-state index contributed by atoms with van der Waals surface area (Å²) in [6.45, 7) is 7.24. The summed E-state index contributed by atoms with van der Waals surface area (Å²) < 4.78 is 68.5. The molecule has 0 spiro atoms. The first-order valence-corrected chi connectivity index (χ1v) is 42.1. The van der Waals surface area contributed by atoms with Crippen molar-refractivity contribution >= 4 is 39.5 Å². The predicted molar refractivity (Wildman–Crippen MR) is 382 cm³/mol. The average Bonchev–Trinajstić information content (AvgIpc) is 1.89. The van der Waals surface area contributed by atoms with Crippen LogP contribution in [0.25, 0.3) is 0 Å². The molecule has 0 radical (unpaired) electrons. The molecule has 94 heavy (non-hydrogen) atoms. The molecule has 558 valence electrons. The SMILES string of the molecule is CCCCCCCCCCCCCCCCCC(=O)OC[C@H](COP(=O)(O)OC[C@@H](O)COP(=O)(O)OC[C@@H](COC(=O)CCCCCCCCCC(C)C)OC(=O)CCCCCCCCCCCCCCCC)OC(=O)CCCCCCCCCCCCCCCCC. The van der Waals surface area contributed by atoms with Crippen LogP contribution in [0.4, 0.5) is 0 Å². The van der Waals surface area contributed by atoms with Crippen molar-refractivity contribution in [3.05, 3.63) is 0 Å². The average molecular weight is 1380 g/mol. The maximum Gasteiger partial charge on any atom is 0.472 e. The van der Waals surface area contributed by atoms with E-state index in [2.05, 4.69) is 34.6 Å². The molecule has 0 rings (SSSR count). The Bertz CT molecular complexity index is 1810. The molecule has 0 aliphatic heterocycles. The molecule has 0 heterocycles. The van der Waals surface area contributed by atoms with Crippen LogP contribution in [0.1, 0.15) is 394 Å². The minimum atomic E-state index is -4.96. The Balaban J connectivity index is 5.25. The van der Waals surface area contributed by atoms with E-state index < -0.39 is 97.5 Å². The fourth-order valence-electron chi connectivity index (χ4n) is 11.5. The number of aliphatic hydroxyl groups excluding tert-OH is 1. The first-order valence-electron chi connectivity index (χ1n) is 39.1. The van der Waals surface area contributed by atoms with Crippen LogP contribution in [0.15, 0.2) is 0 Å². The van der Waals surface area contributed by atoms with Gasteiger partial charge in [0.2, 0.25) is 0 Å². The number of phosphoric acid groups is 2. The van der Waals surface area contributed by atoms with Crippen LogP contribution in [0, 0.1) is 5.92 Å². The molecule has 0 amide bonds. The van der Waals surface area contributed by atoms with E-state index in [1.54, 1.807) is 0 Å². The van der Waals surface area contributed by atoms with Gasteiger partial charge in [0.1, 0.15) is 19.3 Å². The molecule has 0 saturated heterocycles. The molecule has 5 atom stereocenters. The number of rotatable bonds is 75. The number of esters is 4. The number of phosphoric ester groups is 2. The smallest absolute Gasteiger partial charge is 0.462 e. The summed E-state index contributed by atoms with van der Waals surface area (Å²) in [4.78, 5) is 72.8. The first kappa shape index (κ1) is 92.1. The third kappa shape index (κ3) is 68.6. The van der Waals surface area contributed by atoms with Gasteiger partial charge < -0.3 is 33.8 Å². The molecule has 0 aromatic heterocycles. The van der Waals surface area contributed by atoms with Gasteiger partial charge in [0.15, 0.2) is 12.2 Å². The molecule has 0 saturated carbocycles. The quantitative estimate of drug-likeness (QED) is 0.0222. The van der Waals surface area contributed by atoms with E-state index in [1.807, 2.05) is 0 Å². The van der Waals surface area contributed by atoms with Crippen LogP contribution in [0.2, 0.25) is 0 Å². The van der Waals surface area contributed by atoms with E-state index in [9.17, 15) is 43.2 Å². The molecule has 0 aromatic rings. The van der Waals surface area contributed by atoms with E-state index in [1.165, 1.54) is 212 Å². The van der Waals surface area contributed by atoms with Crippen LogP contribution in [-0.4, -0.2) is 96.7 Å². The number of carbonyl (C=O) groups is 4. The van der Waals surface area contributed by atoms with Crippen molar-refractivity contribution in [1.29, 1.82) is 0 Å². The van der Waals surface area contributed by atoms with Crippen molar-refractivity contribution in [2.24, 2.45) is 5.92 Å². The molecule has 0 aromatic carbocycles. The maximum atomic E-state index is 13.1. The van der Waals surface area contributed by atoms with Crippen LogP contribution < -0.4 is 0 Å². The van der Waals surface area contributed by atoms with Crippen LogP contribution >= 0.6 is 15.6 Å². The van der Waals surface area contributed by atoms with Gasteiger partial charge in [-0.2, -0.15) is 0 Å². The third-order valence-electron chi connectivity index (χ3n) is 17.5. The van der Waals surface area contributed by atoms with E-state index >= 15 is 0 Å². The highest BCUT2D eigenvalue weighted by atomic mass is 31.2. The Morgan fingerprint density at radius 3 is 0.723 bits per heavy atom. The molecule has 17 nitrogen and oxygen atoms in total. The summed E-state index contributed by atoms with van der Waals surface area (Å²) in [6.07, 6.45) is 56.8. The monoisotopic (exact) mass is 1380 g/mol. The van der Waals surface area contributed by atoms with Gasteiger partial charge in [-0.05, 0) is 31.6 Å². The topological polar surface area (TPSA) is 237 Å². The lowest BCUT2D eigenvalue weighted by Gasteiger charge is -2.21. The zero-order chi connectivity index (χ0) is 69.1. The minimum Gasteiger partial charge on any atom is -0.462 e. The van der Waals surface area contributed by atoms with Gasteiger partial charge in [0.25, 0.3) is 0 Å². The predicted octanol–water partition coefficient (Wildman–Crippen LogP) is 22.1. The largest absolute Gasteiger partial charge is 0.472 e. The van der Waals surface area contributed by atoms with E-state index in [0.717, 1.165) is 96.3 Å². The number of hydrogen-bond donors (Lipinski definition) is 3. The van der Waals surface area contributed by atoms with Gasteiger partial charge in [0, 0.05) is 25.7 Å². The van der Waals surface area contributed by atoms with Crippen molar-refractivity contribution in [2.45, 2.75) is 412 Å². The molecule has 2 unspecified atom stereocenters. The number of hydrogen-bond acceptors (Lipinski definition) is 15. The molecule has 0 aliphatic rings. The number of carbonyl (C=O) groups excluding carboxylic acids is 4. The first-order chi connectivity index (χ1) is 45.5. The second-order valence-electron chi connectivity index (χ2n) is 27.5. The molecule has 0 fully saturated rings. The van der Waals surface area contributed by atoms with Crippen molar-refractivity contribution in [3.8, 4) is 0 Å². The van der Waals surface area contributed by atoms with Gasteiger partial charge in [-0.3, -0.25) is 37.3 Å². The van der Waals surface area contributed by atoms with Crippen LogP contribution in [0.3, 0.4) is 0 Å². The molecular formula is C75H146O17P2. The van der Waals surface area contributed by atoms with Gasteiger partial charge in [-0.1, -0.05) is 343 Å². The van der Waals surface area contributed by atoms with Crippen molar-refractivity contribution in [3.63, 3.8) is 0 Å². The molecule has 3 N–H and O–H groups in total. The lowest BCUT2D eigenvalue weighted by molar-refractivity contribution is -0.161. The van der Waals surface area contributed by atoms with E-state index in [4.69, 9.17) is 37.0 Å². The Hall–Kier alpha value is -1.94. The summed E-state index contributed by atoms with van der Waals surface area (Å²) in [6, 6.07) is 0. The lowest BCUT2D eigenvalue weighted by Crippen LogP contribution is -2.30. The highest BCUT2D eigenvalue weighted by Crippen LogP contribution is 2.45. The summed E-state index contributed by atoms with van der Waals surface area (Å²) in [7, 11) is -9.91. The van der Waals surface area contributed by atoms with E-state index in [-0.39, 0.29) is 25.7 Å². The van der Waals surface area contributed by atoms with Gasteiger partial charge in [0.05, 0.1) is 26.4 Å². The third-order valence-corrected chi connectivity index (χ3v) is 19.4. The fourth-order valence-corrected chi connectivity index (χ4v) is 13.1. The lowest BCUT2D eigenvalue weighted by atomic mass is 10.0. The molecule has 19 heteroatoms. The summed E-state index contributed by atoms with van der Waals surface area (Å²) in [5.74, 6) is -1.41. The van der Waals surface area contributed by atoms with E-state index in [0.29, 0.717) is 31.6 Å². The molecule has 0 aliphatic carbocycles. The fraction of sp³-hybridized carbons (Fsp3) is 0.947. The highest BCUT2D eigenvalue weighted by Gasteiger charge is 2.30. The van der Waals surface area contributed by atoms with Gasteiger partial charge >= 0.3 is 39.5 Å². The second-order valence-corrected chi connectivity index (χ2v) is 30.4. The minimum absolute atomic E-state index is 0.107.